The molecule has 1 saturated heterocycles. The first kappa shape index (κ1) is 20.3. The van der Waals surface area contributed by atoms with Gasteiger partial charge < -0.3 is 4.90 Å². The van der Waals surface area contributed by atoms with E-state index in [1.807, 2.05) is 61.5 Å². The van der Waals surface area contributed by atoms with E-state index in [1.54, 1.807) is 9.58 Å². The summed E-state index contributed by atoms with van der Waals surface area (Å²) in [6, 6.07) is 18.8. The van der Waals surface area contributed by atoms with Crippen molar-refractivity contribution in [2.45, 2.75) is 13.5 Å². The number of carbonyl (C=O) groups excluding carboxylic acids is 1. The summed E-state index contributed by atoms with van der Waals surface area (Å²) in [5.74, 6) is -0.313. The second-order valence-corrected chi connectivity index (χ2v) is 7.88. The lowest BCUT2D eigenvalue weighted by molar-refractivity contribution is 0.0619. The van der Waals surface area contributed by atoms with Crippen LogP contribution in [0.2, 0.25) is 5.02 Å². The Labute approximate surface area is 180 Å². The molecule has 4 rings (SSSR count). The fraction of sp³-hybridized carbons (Fsp3) is 0.261. The normalized spacial score (nSPS) is 14.7. The standard InChI is InChI=1S/C23H23ClN4O2/c1-17-14-21(29)22(25-28(17)20-8-3-2-4-9-20)23(30)27-12-10-26(11-13-27)16-18-6-5-7-19(24)15-18/h2-9,14-15H,10-13,16H2,1H3. The zero-order valence-corrected chi connectivity index (χ0v) is 17.5. The lowest BCUT2D eigenvalue weighted by Crippen LogP contribution is -2.49. The van der Waals surface area contributed by atoms with Gasteiger partial charge in [0.15, 0.2) is 5.69 Å². The van der Waals surface area contributed by atoms with Gasteiger partial charge in [-0.15, -0.1) is 0 Å². The molecule has 1 aromatic heterocycles. The number of benzene rings is 2. The van der Waals surface area contributed by atoms with Gasteiger partial charge in [-0.3, -0.25) is 14.5 Å². The van der Waals surface area contributed by atoms with Crippen LogP contribution in [-0.4, -0.2) is 51.7 Å². The van der Waals surface area contributed by atoms with E-state index in [1.165, 1.54) is 6.07 Å². The Morgan fingerprint density at radius 2 is 1.73 bits per heavy atom. The predicted molar refractivity (Wildman–Crippen MR) is 117 cm³/mol. The molecule has 1 amide bonds. The Balaban J connectivity index is 1.47. The third kappa shape index (κ3) is 4.45. The van der Waals surface area contributed by atoms with Crippen molar-refractivity contribution in [1.29, 1.82) is 0 Å². The van der Waals surface area contributed by atoms with Gasteiger partial charge in [0.05, 0.1) is 5.69 Å². The summed E-state index contributed by atoms with van der Waals surface area (Å²) in [6.45, 7) is 5.17. The van der Waals surface area contributed by atoms with Crippen molar-refractivity contribution in [3.63, 3.8) is 0 Å². The second kappa shape index (κ2) is 8.81. The number of piperazine rings is 1. The number of aryl methyl sites for hydroxylation is 1. The molecule has 0 aliphatic carbocycles. The first-order valence-corrected chi connectivity index (χ1v) is 10.3. The fourth-order valence-electron chi connectivity index (χ4n) is 3.68. The van der Waals surface area contributed by atoms with Crippen molar-refractivity contribution < 1.29 is 4.79 Å². The molecule has 1 aliphatic rings. The molecule has 0 radical (unpaired) electrons. The monoisotopic (exact) mass is 422 g/mol. The number of hydrogen-bond acceptors (Lipinski definition) is 4. The molecule has 1 aliphatic heterocycles. The maximum absolute atomic E-state index is 13.0. The summed E-state index contributed by atoms with van der Waals surface area (Å²) in [6.07, 6.45) is 0. The Kier molecular flexibility index (Phi) is 5.97. The van der Waals surface area contributed by atoms with Crippen LogP contribution in [0.3, 0.4) is 0 Å². The molecule has 3 aromatic rings. The van der Waals surface area contributed by atoms with Gasteiger partial charge in [-0.2, -0.15) is 5.10 Å². The summed E-state index contributed by atoms with van der Waals surface area (Å²) in [7, 11) is 0. The number of carbonyl (C=O) groups is 1. The van der Waals surface area contributed by atoms with Crippen molar-refractivity contribution in [1.82, 2.24) is 19.6 Å². The molecule has 30 heavy (non-hydrogen) atoms. The fourth-order valence-corrected chi connectivity index (χ4v) is 3.89. The Bertz CT molecular complexity index is 1110. The van der Waals surface area contributed by atoms with Crippen LogP contribution in [0.5, 0.6) is 0 Å². The van der Waals surface area contributed by atoms with Crippen LogP contribution in [0.4, 0.5) is 0 Å². The van der Waals surface area contributed by atoms with Crippen LogP contribution in [0.15, 0.2) is 65.5 Å². The van der Waals surface area contributed by atoms with Crippen LogP contribution in [0.1, 0.15) is 21.7 Å². The minimum atomic E-state index is -0.342. The van der Waals surface area contributed by atoms with E-state index < -0.39 is 0 Å². The van der Waals surface area contributed by atoms with E-state index in [4.69, 9.17) is 11.6 Å². The van der Waals surface area contributed by atoms with Gasteiger partial charge in [-0.25, -0.2) is 4.68 Å². The molecule has 154 valence electrons. The van der Waals surface area contributed by atoms with Crippen LogP contribution in [0.25, 0.3) is 5.69 Å². The third-order valence-electron chi connectivity index (χ3n) is 5.27. The summed E-state index contributed by atoms with van der Waals surface area (Å²) >= 11 is 6.07. The average Bonchev–Trinajstić information content (AvgIpc) is 2.75. The van der Waals surface area contributed by atoms with Gasteiger partial charge in [0.25, 0.3) is 5.91 Å². The minimum Gasteiger partial charge on any atom is -0.335 e. The van der Waals surface area contributed by atoms with Crippen molar-refractivity contribution in [2.75, 3.05) is 26.2 Å². The van der Waals surface area contributed by atoms with E-state index in [0.717, 1.165) is 35.9 Å². The number of hydrogen-bond donors (Lipinski definition) is 0. The Hall–Kier alpha value is -2.96. The number of halogens is 1. The van der Waals surface area contributed by atoms with Crippen LogP contribution >= 0.6 is 11.6 Å². The van der Waals surface area contributed by atoms with Crippen molar-refractivity contribution >= 4 is 17.5 Å². The second-order valence-electron chi connectivity index (χ2n) is 7.44. The van der Waals surface area contributed by atoms with E-state index in [0.29, 0.717) is 18.8 Å². The summed E-state index contributed by atoms with van der Waals surface area (Å²) in [4.78, 5) is 29.5. The number of para-hydroxylation sites is 1. The first-order chi connectivity index (χ1) is 14.5. The molecule has 0 saturated carbocycles. The zero-order valence-electron chi connectivity index (χ0n) is 16.8. The first-order valence-electron chi connectivity index (χ1n) is 9.94. The lowest BCUT2D eigenvalue weighted by Gasteiger charge is -2.34. The minimum absolute atomic E-state index is 0.0345. The number of aromatic nitrogens is 2. The molecule has 2 aromatic carbocycles. The van der Waals surface area contributed by atoms with Crippen molar-refractivity contribution in [2.24, 2.45) is 0 Å². The predicted octanol–water partition coefficient (Wildman–Crippen LogP) is 3.15. The molecule has 7 heteroatoms. The average molecular weight is 423 g/mol. The van der Waals surface area contributed by atoms with Gasteiger partial charge in [0.1, 0.15) is 0 Å². The highest BCUT2D eigenvalue weighted by Gasteiger charge is 2.25. The van der Waals surface area contributed by atoms with E-state index in [9.17, 15) is 9.59 Å². The number of amides is 1. The van der Waals surface area contributed by atoms with Gasteiger partial charge in [-0.05, 0) is 36.8 Å². The van der Waals surface area contributed by atoms with Gasteiger partial charge in [-0.1, -0.05) is 41.9 Å². The SMILES string of the molecule is Cc1cc(=O)c(C(=O)N2CCN(Cc3cccc(Cl)c3)CC2)nn1-c1ccccc1. The molecule has 1 fully saturated rings. The van der Waals surface area contributed by atoms with E-state index in [-0.39, 0.29) is 17.0 Å². The molecular formula is C23H23ClN4O2. The van der Waals surface area contributed by atoms with Crippen molar-refractivity contribution in [3.8, 4) is 5.69 Å². The summed E-state index contributed by atoms with van der Waals surface area (Å²) < 4.78 is 1.64. The quantitative estimate of drug-likeness (QED) is 0.648. The maximum Gasteiger partial charge on any atom is 0.278 e. The van der Waals surface area contributed by atoms with E-state index in [2.05, 4.69) is 10.00 Å². The third-order valence-corrected chi connectivity index (χ3v) is 5.50. The highest BCUT2D eigenvalue weighted by atomic mass is 35.5. The van der Waals surface area contributed by atoms with Gasteiger partial charge in [0.2, 0.25) is 5.43 Å². The highest BCUT2D eigenvalue weighted by Crippen LogP contribution is 2.15. The molecule has 0 atom stereocenters. The van der Waals surface area contributed by atoms with Crippen LogP contribution < -0.4 is 5.43 Å². The van der Waals surface area contributed by atoms with Gasteiger partial charge >= 0.3 is 0 Å². The lowest BCUT2D eigenvalue weighted by atomic mass is 10.2. The zero-order chi connectivity index (χ0) is 21.1. The van der Waals surface area contributed by atoms with Crippen LogP contribution in [-0.2, 0) is 6.54 Å². The molecule has 0 bridgehead atoms. The molecule has 6 nitrogen and oxygen atoms in total. The molecule has 0 N–H and O–H groups in total. The number of nitrogens with zero attached hydrogens (tertiary/aromatic N) is 4. The largest absolute Gasteiger partial charge is 0.335 e. The van der Waals surface area contributed by atoms with Crippen molar-refractivity contribution in [3.05, 3.63) is 92.9 Å². The molecule has 0 unspecified atom stereocenters. The molecule has 2 heterocycles. The number of rotatable bonds is 4. The highest BCUT2D eigenvalue weighted by molar-refractivity contribution is 6.30. The summed E-state index contributed by atoms with van der Waals surface area (Å²) in [5.41, 5.74) is 2.27. The van der Waals surface area contributed by atoms with Gasteiger partial charge in [0, 0.05) is 49.5 Å². The Morgan fingerprint density at radius 3 is 2.43 bits per heavy atom. The topological polar surface area (TPSA) is 58.4 Å². The molecular weight excluding hydrogens is 400 g/mol. The maximum atomic E-state index is 13.0. The van der Waals surface area contributed by atoms with Crippen LogP contribution in [0, 0.1) is 6.92 Å². The summed E-state index contributed by atoms with van der Waals surface area (Å²) in [5, 5.41) is 5.12. The molecule has 0 spiro atoms. The Morgan fingerprint density at radius 1 is 1.00 bits per heavy atom. The van der Waals surface area contributed by atoms with E-state index >= 15 is 0 Å². The smallest absolute Gasteiger partial charge is 0.278 e.